The van der Waals surface area contributed by atoms with Crippen LogP contribution < -0.4 is 0 Å². The summed E-state index contributed by atoms with van der Waals surface area (Å²) in [5.41, 5.74) is 0.476. The molecular weight excluding hydrogens is 225 g/mol. The van der Waals surface area contributed by atoms with Gasteiger partial charge in [0.05, 0.1) is 0 Å². The molecule has 1 radical (unpaired) electrons. The minimum Gasteiger partial charge on any atom is -0.662 e. The Morgan fingerprint density at radius 1 is 1.27 bits per heavy atom. The van der Waals surface area contributed by atoms with Crippen molar-refractivity contribution in [2.45, 2.75) is 33.6 Å². The molecule has 0 N–H and O–H groups in total. The second-order valence-corrected chi connectivity index (χ2v) is 4.33. The minimum atomic E-state index is 0. The van der Waals surface area contributed by atoms with E-state index >= 15 is 0 Å². The van der Waals surface area contributed by atoms with E-state index in [0.29, 0.717) is 5.41 Å². The van der Waals surface area contributed by atoms with Gasteiger partial charge in [0, 0.05) is 19.5 Å². The fourth-order valence-electron chi connectivity index (χ4n) is 1.49. The molecule has 69 valence electrons. The van der Waals surface area contributed by atoms with Crippen molar-refractivity contribution < 1.29 is 19.5 Å². The van der Waals surface area contributed by atoms with Gasteiger partial charge in [-0.2, -0.15) is 0 Å². The van der Waals surface area contributed by atoms with Gasteiger partial charge in [0.2, 0.25) is 0 Å². The summed E-state index contributed by atoms with van der Waals surface area (Å²) < 4.78 is 0. The van der Waals surface area contributed by atoms with Gasteiger partial charge >= 0.3 is 0 Å². The molecule has 2 heteroatoms. The first-order valence-electron chi connectivity index (χ1n) is 4.24. The standard InChI is InChI=1S/C9H18N.Rh/c1-9(2,3)8-5-4-6-10-7-8;/h8H,4-7H2,1-3H3;/q-1;. The third kappa shape index (κ3) is 3.67. The van der Waals surface area contributed by atoms with E-state index in [4.69, 9.17) is 0 Å². The van der Waals surface area contributed by atoms with Crippen LogP contribution in [-0.2, 0) is 19.5 Å². The fraction of sp³-hybridized carbons (Fsp3) is 1.00. The average molecular weight is 243 g/mol. The molecule has 0 aromatic heterocycles. The van der Waals surface area contributed by atoms with Crippen LogP contribution in [-0.4, -0.2) is 13.1 Å². The van der Waals surface area contributed by atoms with Gasteiger partial charge in [-0.3, -0.25) is 0 Å². The zero-order valence-electron chi connectivity index (χ0n) is 7.69. The maximum atomic E-state index is 4.42. The first kappa shape index (κ1) is 11.6. The molecule has 0 bridgehead atoms. The van der Waals surface area contributed by atoms with Gasteiger partial charge in [0.1, 0.15) is 0 Å². The van der Waals surface area contributed by atoms with E-state index in [1.54, 1.807) is 0 Å². The van der Waals surface area contributed by atoms with E-state index in [-0.39, 0.29) is 19.5 Å². The molecule has 1 fully saturated rings. The number of hydrogen-bond donors (Lipinski definition) is 0. The first-order chi connectivity index (χ1) is 4.61. The summed E-state index contributed by atoms with van der Waals surface area (Å²) in [6.07, 6.45) is 2.69. The summed E-state index contributed by atoms with van der Waals surface area (Å²) in [6.45, 7) is 9.16. The molecule has 0 aliphatic carbocycles. The van der Waals surface area contributed by atoms with Gasteiger partial charge in [-0.1, -0.05) is 39.5 Å². The van der Waals surface area contributed by atoms with Crippen molar-refractivity contribution in [1.29, 1.82) is 0 Å². The Bertz CT molecular complexity index is 101. The Morgan fingerprint density at radius 2 is 1.91 bits per heavy atom. The third-order valence-electron chi connectivity index (χ3n) is 2.44. The fourth-order valence-corrected chi connectivity index (χ4v) is 1.49. The van der Waals surface area contributed by atoms with Crippen LogP contribution in [0.25, 0.3) is 5.32 Å². The van der Waals surface area contributed by atoms with Crippen molar-refractivity contribution in [2.75, 3.05) is 13.1 Å². The van der Waals surface area contributed by atoms with E-state index in [9.17, 15) is 0 Å². The van der Waals surface area contributed by atoms with Gasteiger partial charge < -0.3 is 5.32 Å². The van der Waals surface area contributed by atoms with Gasteiger partial charge in [0.25, 0.3) is 0 Å². The van der Waals surface area contributed by atoms with Crippen LogP contribution in [0.15, 0.2) is 0 Å². The molecule has 0 amide bonds. The maximum absolute atomic E-state index is 4.42. The molecule has 1 heterocycles. The van der Waals surface area contributed by atoms with Crippen molar-refractivity contribution in [3.8, 4) is 0 Å². The molecule has 1 nitrogen and oxygen atoms in total. The van der Waals surface area contributed by atoms with Crippen LogP contribution in [0.3, 0.4) is 0 Å². The molecule has 1 atom stereocenters. The predicted molar refractivity (Wildman–Crippen MR) is 45.3 cm³/mol. The number of piperidine rings is 1. The van der Waals surface area contributed by atoms with Gasteiger partial charge in [-0.15, -0.1) is 13.1 Å². The van der Waals surface area contributed by atoms with Crippen LogP contribution in [0, 0.1) is 11.3 Å². The van der Waals surface area contributed by atoms with Crippen LogP contribution in [0.2, 0.25) is 0 Å². The molecule has 11 heavy (non-hydrogen) atoms. The normalized spacial score (nSPS) is 25.9. The second kappa shape index (κ2) is 4.57. The summed E-state index contributed by atoms with van der Waals surface area (Å²) in [4.78, 5) is 0. The Labute approximate surface area is 83.1 Å². The Balaban J connectivity index is 0.000001000. The van der Waals surface area contributed by atoms with Crippen LogP contribution in [0.1, 0.15) is 33.6 Å². The summed E-state index contributed by atoms with van der Waals surface area (Å²) in [5.74, 6) is 0.834. The van der Waals surface area contributed by atoms with Crippen molar-refractivity contribution in [2.24, 2.45) is 11.3 Å². The van der Waals surface area contributed by atoms with Gasteiger partial charge in [-0.25, -0.2) is 0 Å². The van der Waals surface area contributed by atoms with Crippen LogP contribution in [0.5, 0.6) is 0 Å². The van der Waals surface area contributed by atoms with Gasteiger partial charge in [-0.05, 0) is 5.41 Å². The number of nitrogens with zero attached hydrogens (tertiary/aromatic N) is 1. The van der Waals surface area contributed by atoms with Crippen LogP contribution >= 0.6 is 0 Å². The van der Waals surface area contributed by atoms with E-state index in [1.165, 1.54) is 12.8 Å². The molecule has 1 unspecified atom stereocenters. The smallest absolute Gasteiger partial charge is 0 e. The largest absolute Gasteiger partial charge is 0.662 e. The molecule has 1 aliphatic heterocycles. The third-order valence-corrected chi connectivity index (χ3v) is 2.44. The molecule has 1 aliphatic rings. The molecule has 0 aromatic rings. The molecule has 0 spiro atoms. The minimum absolute atomic E-state index is 0. The Morgan fingerprint density at radius 3 is 2.18 bits per heavy atom. The average Bonchev–Trinajstić information content (AvgIpc) is 1.88. The predicted octanol–water partition coefficient (Wildman–Crippen LogP) is 2.81. The Kier molecular flexibility index (Phi) is 4.81. The first-order valence-corrected chi connectivity index (χ1v) is 4.24. The summed E-state index contributed by atoms with van der Waals surface area (Å²) in [7, 11) is 0. The van der Waals surface area contributed by atoms with E-state index in [0.717, 1.165) is 19.0 Å². The van der Waals surface area contributed by atoms with Crippen LogP contribution in [0.4, 0.5) is 0 Å². The molecule has 1 rings (SSSR count). The zero-order chi connectivity index (χ0) is 7.61. The van der Waals surface area contributed by atoms with Crippen molar-refractivity contribution in [3.63, 3.8) is 0 Å². The van der Waals surface area contributed by atoms with E-state index in [1.807, 2.05) is 0 Å². The maximum Gasteiger partial charge on any atom is 0 e. The molecular formula is C9H18NRh-. The van der Waals surface area contributed by atoms with E-state index in [2.05, 4.69) is 26.1 Å². The molecule has 1 saturated heterocycles. The molecule has 0 saturated carbocycles. The number of hydrogen-bond acceptors (Lipinski definition) is 0. The summed E-state index contributed by atoms with van der Waals surface area (Å²) in [5, 5.41) is 4.42. The summed E-state index contributed by atoms with van der Waals surface area (Å²) in [6, 6.07) is 0. The SMILES string of the molecule is CC(C)(C)C1CCC[N-]C1.[Rh]. The summed E-state index contributed by atoms with van der Waals surface area (Å²) >= 11 is 0. The topological polar surface area (TPSA) is 14.1 Å². The monoisotopic (exact) mass is 243 g/mol. The van der Waals surface area contributed by atoms with E-state index < -0.39 is 0 Å². The van der Waals surface area contributed by atoms with Crippen molar-refractivity contribution in [1.82, 2.24) is 0 Å². The number of rotatable bonds is 0. The van der Waals surface area contributed by atoms with Gasteiger partial charge in [0.15, 0.2) is 0 Å². The molecule has 0 aromatic carbocycles. The Hall–Kier alpha value is 0.583. The van der Waals surface area contributed by atoms with Crippen molar-refractivity contribution >= 4 is 0 Å². The quantitative estimate of drug-likeness (QED) is 0.581. The van der Waals surface area contributed by atoms with Crippen molar-refractivity contribution in [3.05, 3.63) is 5.32 Å². The second-order valence-electron chi connectivity index (χ2n) is 4.33. The zero-order valence-corrected chi connectivity index (χ0v) is 9.33.